The summed E-state index contributed by atoms with van der Waals surface area (Å²) in [7, 11) is 0. The molecule has 0 aromatic carbocycles. The lowest BCUT2D eigenvalue weighted by Crippen LogP contribution is -2.39. The smallest absolute Gasteiger partial charge is 0.311 e. The van der Waals surface area contributed by atoms with Crippen LogP contribution in [0.25, 0.3) is 0 Å². The van der Waals surface area contributed by atoms with Crippen molar-refractivity contribution in [2.75, 3.05) is 0 Å². The highest BCUT2D eigenvalue weighted by Gasteiger charge is 2.44. The van der Waals surface area contributed by atoms with E-state index in [-0.39, 0.29) is 0 Å². The third kappa shape index (κ3) is 1.11. The predicted molar refractivity (Wildman–Crippen MR) is 36.0 cm³/mol. The van der Waals surface area contributed by atoms with E-state index in [1.807, 2.05) is 0 Å². The molecular weight excluding hydrogens is 148 g/mol. The van der Waals surface area contributed by atoms with Crippen LogP contribution in [0.3, 0.4) is 0 Å². The molecule has 0 radical (unpaired) electrons. The maximum absolute atomic E-state index is 10.4. The Labute approximate surface area is 63.1 Å². The summed E-state index contributed by atoms with van der Waals surface area (Å²) in [6.45, 7) is 3.45. The van der Waals surface area contributed by atoms with E-state index in [4.69, 9.17) is 10.2 Å². The van der Waals surface area contributed by atoms with Gasteiger partial charge in [-0.3, -0.25) is 9.59 Å². The molecule has 60 valence electrons. The second-order valence-electron chi connectivity index (χ2n) is 2.62. The number of aliphatic carboxylic acids is 2. The van der Waals surface area contributed by atoms with Crippen LogP contribution in [0.1, 0.15) is 6.42 Å². The minimum atomic E-state index is -1.09. The molecular formula is C7H8O4. The number of carboxylic acid groups (broad SMARTS) is 2. The van der Waals surface area contributed by atoms with Crippen LogP contribution in [0, 0.1) is 11.8 Å². The van der Waals surface area contributed by atoms with E-state index < -0.39 is 23.8 Å². The van der Waals surface area contributed by atoms with Crippen LogP contribution in [0.15, 0.2) is 12.2 Å². The Kier molecular flexibility index (Phi) is 1.68. The average molecular weight is 156 g/mol. The van der Waals surface area contributed by atoms with E-state index >= 15 is 0 Å². The van der Waals surface area contributed by atoms with Gasteiger partial charge in [0, 0.05) is 0 Å². The van der Waals surface area contributed by atoms with E-state index in [2.05, 4.69) is 6.58 Å². The fourth-order valence-electron chi connectivity index (χ4n) is 1.23. The Morgan fingerprint density at radius 2 is 1.91 bits per heavy atom. The molecule has 4 nitrogen and oxygen atoms in total. The highest BCUT2D eigenvalue weighted by atomic mass is 16.4. The van der Waals surface area contributed by atoms with Crippen LogP contribution in [0.5, 0.6) is 0 Å². The maximum Gasteiger partial charge on any atom is 0.311 e. The van der Waals surface area contributed by atoms with Crippen LogP contribution in [-0.2, 0) is 9.59 Å². The van der Waals surface area contributed by atoms with Gasteiger partial charge in [-0.05, 0) is 6.42 Å². The Morgan fingerprint density at radius 1 is 1.36 bits per heavy atom. The molecule has 0 bridgehead atoms. The van der Waals surface area contributed by atoms with E-state index in [9.17, 15) is 9.59 Å². The minimum Gasteiger partial charge on any atom is -0.481 e. The molecule has 1 saturated carbocycles. The lowest BCUT2D eigenvalue weighted by atomic mass is 9.70. The molecule has 1 aliphatic rings. The third-order valence-electron chi connectivity index (χ3n) is 1.91. The molecule has 0 amide bonds. The van der Waals surface area contributed by atoms with Crippen LogP contribution in [0.4, 0.5) is 0 Å². The monoisotopic (exact) mass is 156 g/mol. The molecule has 0 spiro atoms. The molecule has 1 rings (SSSR count). The number of carbonyl (C=O) groups is 2. The lowest BCUT2D eigenvalue weighted by Gasteiger charge is -2.32. The van der Waals surface area contributed by atoms with E-state index in [0.717, 1.165) is 0 Å². The summed E-state index contributed by atoms with van der Waals surface area (Å²) in [5, 5.41) is 17.0. The zero-order valence-corrected chi connectivity index (χ0v) is 5.78. The van der Waals surface area contributed by atoms with Crippen molar-refractivity contribution in [2.45, 2.75) is 6.42 Å². The molecule has 4 heteroatoms. The van der Waals surface area contributed by atoms with Gasteiger partial charge in [-0.2, -0.15) is 0 Å². The molecule has 0 aliphatic heterocycles. The van der Waals surface area contributed by atoms with Gasteiger partial charge in [0.15, 0.2) is 0 Å². The van der Waals surface area contributed by atoms with Crippen LogP contribution >= 0.6 is 0 Å². The second kappa shape index (κ2) is 2.38. The molecule has 2 N–H and O–H groups in total. The molecule has 2 atom stereocenters. The first-order valence-electron chi connectivity index (χ1n) is 3.17. The highest BCUT2D eigenvalue weighted by Crippen LogP contribution is 2.38. The first-order chi connectivity index (χ1) is 5.04. The van der Waals surface area contributed by atoms with Crippen LogP contribution in [-0.4, -0.2) is 22.2 Å². The van der Waals surface area contributed by atoms with Gasteiger partial charge in [0.05, 0.1) is 11.8 Å². The van der Waals surface area contributed by atoms with Crippen molar-refractivity contribution < 1.29 is 19.8 Å². The maximum atomic E-state index is 10.4. The average Bonchev–Trinajstić information content (AvgIpc) is 1.80. The van der Waals surface area contributed by atoms with Crippen LogP contribution in [0.2, 0.25) is 0 Å². The Balaban J connectivity index is 2.69. The summed E-state index contributed by atoms with van der Waals surface area (Å²) < 4.78 is 0. The molecule has 0 aromatic heterocycles. The Bertz CT molecular complexity index is 223. The standard InChI is InChI=1S/C7H8O4/c1-3-2-4(6(8)9)5(3)7(10)11/h4-5H,1-2H2,(H,8,9)(H,10,11). The molecule has 0 saturated heterocycles. The number of rotatable bonds is 2. The molecule has 1 fully saturated rings. The van der Waals surface area contributed by atoms with Gasteiger partial charge in [0.2, 0.25) is 0 Å². The van der Waals surface area contributed by atoms with Crippen molar-refractivity contribution in [3.63, 3.8) is 0 Å². The third-order valence-corrected chi connectivity index (χ3v) is 1.91. The van der Waals surface area contributed by atoms with E-state index in [0.29, 0.717) is 12.0 Å². The van der Waals surface area contributed by atoms with Gasteiger partial charge in [0.25, 0.3) is 0 Å². The molecule has 1 aliphatic carbocycles. The number of hydrogen-bond acceptors (Lipinski definition) is 2. The summed E-state index contributed by atoms with van der Waals surface area (Å²) in [4.78, 5) is 20.7. The first kappa shape index (κ1) is 7.78. The summed E-state index contributed by atoms with van der Waals surface area (Å²) >= 11 is 0. The summed E-state index contributed by atoms with van der Waals surface area (Å²) in [5.41, 5.74) is 0.505. The summed E-state index contributed by atoms with van der Waals surface area (Å²) in [6.07, 6.45) is 0.298. The largest absolute Gasteiger partial charge is 0.481 e. The zero-order valence-electron chi connectivity index (χ0n) is 5.78. The topological polar surface area (TPSA) is 74.6 Å². The van der Waals surface area contributed by atoms with Gasteiger partial charge in [-0.15, -0.1) is 0 Å². The van der Waals surface area contributed by atoms with Crippen molar-refractivity contribution in [1.29, 1.82) is 0 Å². The first-order valence-corrected chi connectivity index (χ1v) is 3.17. The molecule has 11 heavy (non-hydrogen) atoms. The van der Waals surface area contributed by atoms with E-state index in [1.165, 1.54) is 0 Å². The van der Waals surface area contributed by atoms with Gasteiger partial charge in [0.1, 0.15) is 0 Å². The zero-order chi connectivity index (χ0) is 8.59. The fourth-order valence-corrected chi connectivity index (χ4v) is 1.23. The number of hydrogen-bond donors (Lipinski definition) is 2. The fraction of sp³-hybridized carbons (Fsp3) is 0.429. The predicted octanol–water partition coefficient (Wildman–Crippen LogP) is 0.348. The normalized spacial score (nSPS) is 29.3. The van der Waals surface area contributed by atoms with Crippen molar-refractivity contribution >= 4 is 11.9 Å². The Hall–Kier alpha value is -1.32. The van der Waals surface area contributed by atoms with Gasteiger partial charge >= 0.3 is 11.9 Å². The van der Waals surface area contributed by atoms with Gasteiger partial charge in [-0.25, -0.2) is 0 Å². The van der Waals surface area contributed by atoms with Crippen molar-refractivity contribution in [3.05, 3.63) is 12.2 Å². The second-order valence-corrected chi connectivity index (χ2v) is 2.62. The summed E-state index contributed by atoms with van der Waals surface area (Å²) in [6, 6.07) is 0. The quantitative estimate of drug-likeness (QED) is 0.565. The SMILES string of the molecule is C=C1CC(C(=O)O)C1C(=O)O. The van der Waals surface area contributed by atoms with Crippen molar-refractivity contribution in [3.8, 4) is 0 Å². The van der Waals surface area contributed by atoms with Gasteiger partial charge in [-0.1, -0.05) is 12.2 Å². The van der Waals surface area contributed by atoms with Crippen molar-refractivity contribution in [2.24, 2.45) is 11.8 Å². The lowest BCUT2D eigenvalue weighted by molar-refractivity contribution is -0.155. The molecule has 0 aromatic rings. The summed E-state index contributed by atoms with van der Waals surface area (Å²) in [5.74, 6) is -3.77. The van der Waals surface area contributed by atoms with Crippen LogP contribution < -0.4 is 0 Å². The molecule has 0 heterocycles. The van der Waals surface area contributed by atoms with E-state index in [1.54, 1.807) is 0 Å². The highest BCUT2D eigenvalue weighted by molar-refractivity contribution is 5.85. The number of carboxylic acids is 2. The minimum absolute atomic E-state index is 0.298. The van der Waals surface area contributed by atoms with Gasteiger partial charge < -0.3 is 10.2 Å². The Morgan fingerprint density at radius 3 is 2.09 bits per heavy atom. The van der Waals surface area contributed by atoms with Crippen molar-refractivity contribution in [1.82, 2.24) is 0 Å². The molecule has 2 unspecified atom stereocenters.